The van der Waals surface area contributed by atoms with Gasteiger partial charge in [0.05, 0.1) is 24.3 Å². The Kier molecular flexibility index (Phi) is 6.74. The van der Waals surface area contributed by atoms with Crippen LogP contribution in [0.25, 0.3) is 0 Å². The largest absolute Gasteiger partial charge is 0.395 e. The second-order valence-corrected chi connectivity index (χ2v) is 6.50. The van der Waals surface area contributed by atoms with E-state index in [0.29, 0.717) is 19.4 Å². The summed E-state index contributed by atoms with van der Waals surface area (Å²) < 4.78 is 0. The number of amides is 1. The van der Waals surface area contributed by atoms with E-state index in [1.54, 1.807) is 6.92 Å². The lowest BCUT2D eigenvalue weighted by atomic mass is 9.78. The molecule has 0 aromatic heterocycles. The first-order valence-corrected chi connectivity index (χ1v) is 8.57. The predicted octanol–water partition coefficient (Wildman–Crippen LogP) is -0.0398. The van der Waals surface area contributed by atoms with Crippen LogP contribution in [0.4, 0.5) is 0 Å². The van der Waals surface area contributed by atoms with Crippen molar-refractivity contribution in [2.75, 3.05) is 13.2 Å². The van der Waals surface area contributed by atoms with Gasteiger partial charge in [-0.1, -0.05) is 37.3 Å². The molecule has 0 aliphatic carbocycles. The van der Waals surface area contributed by atoms with Crippen LogP contribution in [0.5, 0.6) is 0 Å². The smallest absolute Gasteiger partial charge is 0.220 e. The molecule has 4 atom stereocenters. The number of hydrogen-bond donors (Lipinski definition) is 5. The van der Waals surface area contributed by atoms with Gasteiger partial charge in [0.2, 0.25) is 5.91 Å². The van der Waals surface area contributed by atoms with Gasteiger partial charge in [-0.3, -0.25) is 4.79 Å². The molecule has 0 spiro atoms. The summed E-state index contributed by atoms with van der Waals surface area (Å²) in [6.07, 6.45) is 0.198. The highest BCUT2D eigenvalue weighted by Gasteiger charge is 2.48. The van der Waals surface area contributed by atoms with Gasteiger partial charge < -0.3 is 26.0 Å². The Morgan fingerprint density at radius 2 is 2.04 bits per heavy atom. The number of piperidine rings is 1. The van der Waals surface area contributed by atoms with E-state index in [0.717, 1.165) is 12.8 Å². The Morgan fingerprint density at radius 3 is 2.67 bits per heavy atom. The summed E-state index contributed by atoms with van der Waals surface area (Å²) in [5.74, 6) is -0.162. The third kappa shape index (κ3) is 4.33. The molecule has 0 unspecified atom stereocenters. The summed E-state index contributed by atoms with van der Waals surface area (Å²) >= 11 is 0. The molecule has 1 saturated heterocycles. The van der Waals surface area contributed by atoms with Crippen LogP contribution in [-0.4, -0.2) is 58.2 Å². The summed E-state index contributed by atoms with van der Waals surface area (Å²) in [5, 5.41) is 36.1. The Morgan fingerprint density at radius 1 is 1.33 bits per heavy atom. The summed E-state index contributed by atoms with van der Waals surface area (Å²) in [6.45, 7) is 1.81. The van der Waals surface area contributed by atoms with Crippen LogP contribution in [0, 0.1) is 0 Å². The fourth-order valence-electron chi connectivity index (χ4n) is 3.29. The van der Waals surface area contributed by atoms with E-state index in [1.807, 2.05) is 30.3 Å². The Labute approximate surface area is 142 Å². The number of carbonyl (C=O) groups is 1. The molecule has 0 bridgehead atoms. The molecule has 1 aromatic rings. The molecule has 1 aromatic carbocycles. The van der Waals surface area contributed by atoms with Crippen molar-refractivity contribution in [2.45, 2.75) is 56.4 Å². The van der Waals surface area contributed by atoms with Crippen LogP contribution >= 0.6 is 0 Å². The molecular formula is C18H28N2O4. The van der Waals surface area contributed by atoms with Crippen LogP contribution in [0.2, 0.25) is 0 Å². The van der Waals surface area contributed by atoms with Gasteiger partial charge >= 0.3 is 0 Å². The number of aliphatic hydroxyl groups excluding tert-OH is 3. The molecule has 6 heteroatoms. The summed E-state index contributed by atoms with van der Waals surface area (Å²) in [6, 6.07) is 9.44. The van der Waals surface area contributed by atoms with Crippen LogP contribution < -0.4 is 10.6 Å². The lowest BCUT2D eigenvalue weighted by Crippen LogP contribution is -2.73. The van der Waals surface area contributed by atoms with Crippen molar-refractivity contribution in [2.24, 2.45) is 0 Å². The summed E-state index contributed by atoms with van der Waals surface area (Å²) in [7, 11) is 0. The van der Waals surface area contributed by atoms with Crippen molar-refractivity contribution in [1.29, 1.82) is 0 Å². The molecule has 1 aliphatic rings. The van der Waals surface area contributed by atoms with E-state index in [1.165, 1.54) is 5.56 Å². The van der Waals surface area contributed by atoms with Gasteiger partial charge in [0.1, 0.15) is 6.10 Å². The van der Waals surface area contributed by atoms with Crippen molar-refractivity contribution in [3.8, 4) is 0 Å². The molecule has 1 amide bonds. The van der Waals surface area contributed by atoms with Crippen LogP contribution in [0.3, 0.4) is 0 Å². The summed E-state index contributed by atoms with van der Waals surface area (Å²) in [4.78, 5) is 11.9. The van der Waals surface area contributed by atoms with Crippen molar-refractivity contribution in [3.63, 3.8) is 0 Å². The fourth-order valence-corrected chi connectivity index (χ4v) is 3.29. The lowest BCUT2D eigenvalue weighted by Gasteiger charge is -2.47. The predicted molar refractivity (Wildman–Crippen MR) is 91.4 cm³/mol. The average molecular weight is 336 g/mol. The van der Waals surface area contributed by atoms with Crippen LogP contribution in [-0.2, 0) is 11.2 Å². The van der Waals surface area contributed by atoms with Crippen LogP contribution in [0.15, 0.2) is 30.3 Å². The molecular weight excluding hydrogens is 308 g/mol. The molecule has 134 valence electrons. The SMILES string of the molecule is CCC(=O)N[C@@]1(CCCc2ccccc2)CN[C@H](CO)[C@@H](O)[C@@H]1O. The second-order valence-electron chi connectivity index (χ2n) is 6.50. The third-order valence-corrected chi connectivity index (χ3v) is 4.82. The zero-order valence-corrected chi connectivity index (χ0v) is 14.1. The average Bonchev–Trinajstić information content (AvgIpc) is 2.60. The first-order valence-electron chi connectivity index (χ1n) is 8.57. The highest BCUT2D eigenvalue weighted by atomic mass is 16.3. The van der Waals surface area contributed by atoms with Gasteiger partial charge in [0, 0.05) is 13.0 Å². The molecule has 6 nitrogen and oxygen atoms in total. The number of carbonyl (C=O) groups excluding carboxylic acids is 1. The maximum Gasteiger partial charge on any atom is 0.220 e. The maximum absolute atomic E-state index is 11.9. The van der Waals surface area contributed by atoms with Crippen molar-refractivity contribution < 1.29 is 20.1 Å². The number of aliphatic hydroxyl groups is 3. The van der Waals surface area contributed by atoms with E-state index >= 15 is 0 Å². The van der Waals surface area contributed by atoms with Gasteiger partial charge in [-0.2, -0.15) is 0 Å². The Bertz CT molecular complexity index is 525. The van der Waals surface area contributed by atoms with E-state index in [4.69, 9.17) is 0 Å². The molecule has 1 fully saturated rings. The lowest BCUT2D eigenvalue weighted by molar-refractivity contribution is -0.131. The van der Waals surface area contributed by atoms with Gasteiger partial charge in [-0.05, 0) is 24.8 Å². The molecule has 2 rings (SSSR count). The van der Waals surface area contributed by atoms with Crippen molar-refractivity contribution in [1.82, 2.24) is 10.6 Å². The third-order valence-electron chi connectivity index (χ3n) is 4.82. The molecule has 0 radical (unpaired) electrons. The number of nitrogens with one attached hydrogen (secondary N) is 2. The van der Waals surface area contributed by atoms with Gasteiger partial charge in [0.25, 0.3) is 0 Å². The number of hydrogen-bond acceptors (Lipinski definition) is 5. The standard InChI is InChI=1S/C18H28N2O4/c1-2-15(22)20-18(10-6-9-13-7-4-3-5-8-13)12-19-14(11-21)16(23)17(18)24/h3-5,7-8,14,16-17,19,21,23-24H,2,6,9-12H2,1H3,(H,20,22)/t14-,16-,17+,18+/m1/s1. The highest BCUT2D eigenvalue weighted by molar-refractivity contribution is 5.76. The van der Waals surface area contributed by atoms with Gasteiger partial charge in [0.15, 0.2) is 0 Å². The van der Waals surface area contributed by atoms with Gasteiger partial charge in [-0.25, -0.2) is 0 Å². The van der Waals surface area contributed by atoms with Crippen LogP contribution in [0.1, 0.15) is 31.7 Å². The van der Waals surface area contributed by atoms with Gasteiger partial charge in [-0.15, -0.1) is 0 Å². The van der Waals surface area contributed by atoms with E-state index < -0.39 is 23.8 Å². The monoisotopic (exact) mass is 336 g/mol. The molecule has 24 heavy (non-hydrogen) atoms. The quantitative estimate of drug-likeness (QED) is 0.481. The minimum Gasteiger partial charge on any atom is -0.395 e. The maximum atomic E-state index is 11.9. The molecule has 1 aliphatic heterocycles. The fraction of sp³-hybridized carbons (Fsp3) is 0.611. The normalized spacial score (nSPS) is 30.1. The first kappa shape index (κ1) is 18.9. The first-order chi connectivity index (χ1) is 11.5. The number of rotatable bonds is 7. The number of aryl methyl sites for hydroxylation is 1. The highest BCUT2D eigenvalue weighted by Crippen LogP contribution is 2.26. The van der Waals surface area contributed by atoms with E-state index in [-0.39, 0.29) is 12.5 Å². The second kappa shape index (κ2) is 8.58. The summed E-state index contributed by atoms with van der Waals surface area (Å²) in [5.41, 5.74) is 0.272. The Hall–Kier alpha value is -1.47. The minimum atomic E-state index is -1.13. The molecule has 0 saturated carbocycles. The number of benzene rings is 1. The zero-order chi connectivity index (χ0) is 17.6. The van der Waals surface area contributed by atoms with Crippen molar-refractivity contribution in [3.05, 3.63) is 35.9 Å². The van der Waals surface area contributed by atoms with Crippen molar-refractivity contribution >= 4 is 5.91 Å². The van der Waals surface area contributed by atoms with E-state index in [2.05, 4.69) is 10.6 Å². The topological polar surface area (TPSA) is 102 Å². The molecule has 5 N–H and O–H groups in total. The molecule has 1 heterocycles. The zero-order valence-electron chi connectivity index (χ0n) is 14.1. The Balaban J connectivity index is 2.07. The van der Waals surface area contributed by atoms with E-state index in [9.17, 15) is 20.1 Å². The minimum absolute atomic E-state index is 0.162.